The summed E-state index contributed by atoms with van der Waals surface area (Å²) in [5, 5.41) is 4.98. The van der Waals surface area contributed by atoms with E-state index in [0.717, 1.165) is 22.4 Å². The molecule has 0 saturated carbocycles. The number of carbonyl (C=O) groups excluding carboxylic acids is 1. The minimum absolute atomic E-state index is 0.0159. The number of rotatable bonds is 3. The van der Waals surface area contributed by atoms with Gasteiger partial charge in [0.25, 0.3) is 5.91 Å². The third kappa shape index (κ3) is 3.49. The van der Waals surface area contributed by atoms with Crippen LogP contribution in [0.3, 0.4) is 0 Å². The predicted octanol–water partition coefficient (Wildman–Crippen LogP) is 3.84. The highest BCUT2D eigenvalue weighted by Crippen LogP contribution is 2.37. The van der Waals surface area contributed by atoms with Gasteiger partial charge in [0, 0.05) is 49.2 Å². The highest BCUT2D eigenvalue weighted by molar-refractivity contribution is 6.32. The van der Waals surface area contributed by atoms with Crippen molar-refractivity contribution in [1.82, 2.24) is 24.1 Å². The molecule has 158 valence electrons. The summed E-state index contributed by atoms with van der Waals surface area (Å²) in [6.07, 6.45) is 3.80. The van der Waals surface area contributed by atoms with Crippen molar-refractivity contribution >= 4 is 23.2 Å². The number of halogens is 1. The first-order valence-corrected chi connectivity index (χ1v) is 10.6. The van der Waals surface area contributed by atoms with Crippen molar-refractivity contribution in [2.45, 2.75) is 6.92 Å². The average Bonchev–Trinajstić information content (AvgIpc) is 3.31. The Bertz CT molecular complexity index is 1290. The Hall–Kier alpha value is -3.16. The highest BCUT2D eigenvalue weighted by Gasteiger charge is 2.21. The molecule has 1 aromatic carbocycles. The highest BCUT2D eigenvalue weighted by atomic mass is 35.5. The zero-order valence-electron chi connectivity index (χ0n) is 17.4. The van der Waals surface area contributed by atoms with Gasteiger partial charge in [-0.1, -0.05) is 35.9 Å². The van der Waals surface area contributed by atoms with Gasteiger partial charge in [0.1, 0.15) is 16.5 Å². The van der Waals surface area contributed by atoms with Crippen LogP contribution >= 0.6 is 11.6 Å². The van der Waals surface area contributed by atoms with Crippen LogP contribution in [0.1, 0.15) is 16.1 Å². The molecule has 0 unspecified atom stereocenters. The number of imidazole rings is 1. The molecule has 1 amide bonds. The van der Waals surface area contributed by atoms with E-state index in [4.69, 9.17) is 21.3 Å². The van der Waals surface area contributed by atoms with Crippen molar-refractivity contribution in [1.29, 1.82) is 0 Å². The second-order valence-corrected chi connectivity index (χ2v) is 8.00. The maximum absolute atomic E-state index is 12.9. The van der Waals surface area contributed by atoms with Crippen LogP contribution in [0.15, 0.2) is 48.8 Å². The van der Waals surface area contributed by atoms with E-state index in [1.54, 1.807) is 32.3 Å². The van der Waals surface area contributed by atoms with E-state index in [1.165, 1.54) is 0 Å². The number of aromatic nitrogens is 4. The molecule has 0 spiro atoms. The van der Waals surface area contributed by atoms with E-state index in [0.29, 0.717) is 48.4 Å². The number of fused-ring (bicyclic) bond motifs is 1. The van der Waals surface area contributed by atoms with Gasteiger partial charge in [-0.25, -0.2) is 4.98 Å². The summed E-state index contributed by atoms with van der Waals surface area (Å²) in [5.74, 6) is -0.0159. The Labute approximate surface area is 184 Å². The van der Waals surface area contributed by atoms with E-state index < -0.39 is 0 Å². The first kappa shape index (κ1) is 19.8. The number of amides is 1. The maximum Gasteiger partial charge on any atom is 0.254 e. The second kappa shape index (κ2) is 7.83. The summed E-state index contributed by atoms with van der Waals surface area (Å²) in [4.78, 5) is 19.5. The minimum Gasteiger partial charge on any atom is -0.378 e. The van der Waals surface area contributed by atoms with Crippen LogP contribution < -0.4 is 0 Å². The molecule has 1 aliphatic heterocycles. The van der Waals surface area contributed by atoms with Crippen LogP contribution in [0.2, 0.25) is 5.15 Å². The summed E-state index contributed by atoms with van der Waals surface area (Å²) >= 11 is 6.74. The van der Waals surface area contributed by atoms with E-state index in [2.05, 4.69) is 5.10 Å². The van der Waals surface area contributed by atoms with Gasteiger partial charge in [0.2, 0.25) is 0 Å². The van der Waals surface area contributed by atoms with Crippen LogP contribution in [-0.4, -0.2) is 56.3 Å². The molecular weight excluding hydrogens is 414 g/mol. The van der Waals surface area contributed by atoms with E-state index in [-0.39, 0.29) is 5.91 Å². The molecule has 1 saturated heterocycles. The summed E-state index contributed by atoms with van der Waals surface area (Å²) in [6, 6.07) is 11.6. The quantitative estimate of drug-likeness (QED) is 0.490. The summed E-state index contributed by atoms with van der Waals surface area (Å²) in [6.45, 7) is 4.32. The third-order valence-corrected chi connectivity index (χ3v) is 5.96. The lowest BCUT2D eigenvalue weighted by molar-refractivity contribution is 0.0303. The Morgan fingerprint density at radius 2 is 1.84 bits per heavy atom. The molecule has 8 heteroatoms. The van der Waals surface area contributed by atoms with E-state index >= 15 is 0 Å². The lowest BCUT2D eigenvalue weighted by Gasteiger charge is -2.26. The number of hydrogen-bond donors (Lipinski definition) is 0. The normalized spacial score (nSPS) is 14.4. The van der Waals surface area contributed by atoms with Crippen LogP contribution in [-0.2, 0) is 11.8 Å². The first-order valence-electron chi connectivity index (χ1n) is 10.2. The van der Waals surface area contributed by atoms with Gasteiger partial charge in [-0.15, -0.1) is 0 Å². The largest absolute Gasteiger partial charge is 0.378 e. The molecule has 7 nitrogen and oxygen atoms in total. The van der Waals surface area contributed by atoms with Crippen molar-refractivity contribution in [2.24, 2.45) is 7.05 Å². The van der Waals surface area contributed by atoms with Crippen molar-refractivity contribution < 1.29 is 9.53 Å². The van der Waals surface area contributed by atoms with Gasteiger partial charge < -0.3 is 9.64 Å². The Balaban J connectivity index is 1.58. The van der Waals surface area contributed by atoms with Crippen molar-refractivity contribution in [3.05, 3.63) is 65.2 Å². The lowest BCUT2D eigenvalue weighted by atomic mass is 9.99. The summed E-state index contributed by atoms with van der Waals surface area (Å²) in [7, 11) is 1.91. The van der Waals surface area contributed by atoms with Gasteiger partial charge in [0.05, 0.1) is 18.9 Å². The molecule has 1 fully saturated rings. The standard InChI is InChI=1S/C23H22ClN5O2/c1-15-19(14-27(2)26-15)17-5-3-4-6-18(17)21-22(24)29-8-7-16(13-20(29)25-21)23(30)28-9-11-31-12-10-28/h3-8,13-14H,9-12H2,1-2H3. The smallest absolute Gasteiger partial charge is 0.254 e. The molecule has 5 rings (SSSR count). The molecule has 0 radical (unpaired) electrons. The number of benzene rings is 1. The molecular formula is C23H22ClN5O2. The Kier molecular flexibility index (Phi) is 5.00. The van der Waals surface area contributed by atoms with Gasteiger partial charge in [-0.3, -0.25) is 13.9 Å². The second-order valence-electron chi connectivity index (χ2n) is 7.65. The van der Waals surface area contributed by atoms with Gasteiger partial charge in [-0.05, 0) is 24.6 Å². The topological polar surface area (TPSA) is 64.7 Å². The fraction of sp³-hybridized carbons (Fsp3) is 0.261. The molecule has 1 aliphatic rings. The lowest BCUT2D eigenvalue weighted by Crippen LogP contribution is -2.40. The van der Waals surface area contributed by atoms with Gasteiger partial charge >= 0.3 is 0 Å². The van der Waals surface area contributed by atoms with Crippen LogP contribution in [0, 0.1) is 6.92 Å². The third-order valence-electron chi connectivity index (χ3n) is 5.60. The number of hydrogen-bond acceptors (Lipinski definition) is 4. The monoisotopic (exact) mass is 435 g/mol. The number of aryl methyl sites for hydroxylation is 2. The number of morpholine rings is 1. The molecule has 4 heterocycles. The maximum atomic E-state index is 12.9. The molecule has 31 heavy (non-hydrogen) atoms. The minimum atomic E-state index is -0.0159. The van der Waals surface area contributed by atoms with Gasteiger partial charge in [0.15, 0.2) is 0 Å². The van der Waals surface area contributed by atoms with Crippen molar-refractivity contribution in [2.75, 3.05) is 26.3 Å². The zero-order valence-corrected chi connectivity index (χ0v) is 18.1. The molecule has 0 atom stereocenters. The fourth-order valence-electron chi connectivity index (χ4n) is 4.06. The first-order chi connectivity index (χ1) is 15.0. The van der Waals surface area contributed by atoms with Crippen molar-refractivity contribution in [3.8, 4) is 22.4 Å². The predicted molar refractivity (Wildman–Crippen MR) is 119 cm³/mol. The fourth-order valence-corrected chi connectivity index (χ4v) is 4.34. The molecule has 0 N–H and O–H groups in total. The number of pyridine rings is 1. The Morgan fingerprint density at radius 3 is 2.55 bits per heavy atom. The number of carbonyl (C=O) groups is 1. The zero-order chi connectivity index (χ0) is 21.5. The average molecular weight is 436 g/mol. The SMILES string of the molecule is Cc1nn(C)cc1-c1ccccc1-c1nc2cc(C(=O)N3CCOCC3)ccn2c1Cl. The van der Waals surface area contributed by atoms with Gasteiger partial charge in [-0.2, -0.15) is 5.10 Å². The van der Waals surface area contributed by atoms with Crippen LogP contribution in [0.5, 0.6) is 0 Å². The molecule has 0 bridgehead atoms. The molecule has 0 aliphatic carbocycles. The van der Waals surface area contributed by atoms with E-state index in [1.807, 2.05) is 44.4 Å². The van der Waals surface area contributed by atoms with Crippen molar-refractivity contribution in [3.63, 3.8) is 0 Å². The van der Waals surface area contributed by atoms with E-state index in [9.17, 15) is 4.79 Å². The number of ether oxygens (including phenoxy) is 1. The number of nitrogens with zero attached hydrogens (tertiary/aromatic N) is 5. The Morgan fingerprint density at radius 1 is 1.10 bits per heavy atom. The molecule has 4 aromatic rings. The van der Waals surface area contributed by atoms with Crippen LogP contribution in [0.25, 0.3) is 28.0 Å². The summed E-state index contributed by atoms with van der Waals surface area (Å²) in [5.41, 5.74) is 5.83. The van der Waals surface area contributed by atoms with Crippen LogP contribution in [0.4, 0.5) is 0 Å². The molecule has 3 aromatic heterocycles. The summed E-state index contributed by atoms with van der Waals surface area (Å²) < 4.78 is 8.96.